The number of hydrogen-bond acceptors (Lipinski definition) is 8. The molecular formula is C17H22N8O5. The van der Waals surface area contributed by atoms with Crippen molar-refractivity contribution < 1.29 is 19.4 Å². The van der Waals surface area contributed by atoms with Gasteiger partial charge in [0.2, 0.25) is 11.9 Å². The van der Waals surface area contributed by atoms with Crippen LogP contribution >= 0.6 is 0 Å². The fraction of sp³-hybridized carbons (Fsp3) is 0.529. The molecular weight excluding hydrogens is 396 g/mol. The summed E-state index contributed by atoms with van der Waals surface area (Å²) in [4.78, 5) is 37.8. The van der Waals surface area contributed by atoms with Gasteiger partial charge in [0.15, 0.2) is 17.4 Å². The van der Waals surface area contributed by atoms with Crippen LogP contribution in [0.3, 0.4) is 0 Å². The van der Waals surface area contributed by atoms with Gasteiger partial charge in [-0.2, -0.15) is 4.98 Å². The lowest BCUT2D eigenvalue weighted by Gasteiger charge is -2.19. The maximum absolute atomic E-state index is 12.4. The van der Waals surface area contributed by atoms with Crippen LogP contribution in [-0.2, 0) is 14.3 Å². The number of ether oxygens (including phenoxy) is 2. The number of carbonyl (C=O) groups is 1. The summed E-state index contributed by atoms with van der Waals surface area (Å²) in [5.41, 5.74) is 8.16. The van der Waals surface area contributed by atoms with Gasteiger partial charge in [-0.05, 0) is 5.53 Å². The maximum atomic E-state index is 12.4. The van der Waals surface area contributed by atoms with Crippen molar-refractivity contribution in [1.82, 2.24) is 19.5 Å². The number of nitrogens with zero attached hydrogens (tertiary/aromatic N) is 6. The number of aromatic nitrogens is 4. The Morgan fingerprint density at radius 3 is 3.07 bits per heavy atom. The summed E-state index contributed by atoms with van der Waals surface area (Å²) in [7, 11) is 0. The standard InChI is InChI=1S/C17H22N8O5/c1-4-5-29-12-9(6-20-24-18)30-16(11(12)26)25-7-19-10-13(25)21-17(23-15(10)28)22-14(27)8(2)3/h4,7-9,11-12,16,26H,1,5-6H2,2-3H3,(H2,21,22,23,27,28)/t9-,11-,12-,16-/m1/s1. The Labute approximate surface area is 170 Å². The van der Waals surface area contributed by atoms with Crippen molar-refractivity contribution in [3.8, 4) is 0 Å². The van der Waals surface area contributed by atoms with E-state index in [9.17, 15) is 14.7 Å². The lowest BCUT2D eigenvalue weighted by molar-refractivity contribution is -0.118. The van der Waals surface area contributed by atoms with E-state index in [4.69, 9.17) is 15.0 Å². The molecule has 2 aromatic rings. The Morgan fingerprint density at radius 1 is 1.63 bits per heavy atom. The normalized spacial score (nSPS) is 23.5. The number of imidazole rings is 1. The number of aliphatic hydroxyl groups is 1. The summed E-state index contributed by atoms with van der Waals surface area (Å²) in [6, 6.07) is 0. The molecule has 0 aromatic carbocycles. The van der Waals surface area contributed by atoms with Gasteiger partial charge < -0.3 is 14.6 Å². The topological polar surface area (TPSA) is 180 Å². The Balaban J connectivity index is 1.97. The molecule has 1 saturated heterocycles. The molecule has 1 fully saturated rings. The van der Waals surface area contributed by atoms with Crippen molar-refractivity contribution in [2.75, 3.05) is 18.5 Å². The molecule has 1 amide bonds. The monoisotopic (exact) mass is 418 g/mol. The van der Waals surface area contributed by atoms with E-state index in [1.165, 1.54) is 17.0 Å². The minimum absolute atomic E-state index is 0.00963. The van der Waals surface area contributed by atoms with E-state index in [2.05, 4.69) is 36.9 Å². The SMILES string of the molecule is C=CCO[C@H]1[C@@H](O)[C@H](n2cnc3c(=O)[nH]c(NC(=O)C(C)C)nc32)O[C@@H]1CN=[N+]=[N-]. The van der Waals surface area contributed by atoms with Gasteiger partial charge in [-0.1, -0.05) is 25.0 Å². The first-order valence-corrected chi connectivity index (χ1v) is 9.22. The van der Waals surface area contributed by atoms with Crippen molar-refractivity contribution in [2.24, 2.45) is 11.0 Å². The van der Waals surface area contributed by atoms with E-state index in [1.54, 1.807) is 13.8 Å². The lowest BCUT2D eigenvalue weighted by atomic mass is 10.1. The summed E-state index contributed by atoms with van der Waals surface area (Å²) in [6.07, 6.45) is -0.904. The minimum atomic E-state index is -1.17. The molecule has 3 heterocycles. The number of hydrogen-bond donors (Lipinski definition) is 3. The van der Waals surface area contributed by atoms with Gasteiger partial charge in [0.25, 0.3) is 5.56 Å². The second kappa shape index (κ2) is 9.05. The minimum Gasteiger partial charge on any atom is -0.386 e. The molecule has 0 radical (unpaired) electrons. The molecule has 1 aliphatic heterocycles. The van der Waals surface area contributed by atoms with Crippen LogP contribution in [0.15, 0.2) is 28.9 Å². The second-order valence-electron chi connectivity index (χ2n) is 6.94. The summed E-state index contributed by atoms with van der Waals surface area (Å²) < 4.78 is 12.8. The van der Waals surface area contributed by atoms with Gasteiger partial charge in [-0.15, -0.1) is 6.58 Å². The largest absolute Gasteiger partial charge is 0.386 e. The van der Waals surface area contributed by atoms with Crippen LogP contribution in [0.1, 0.15) is 20.1 Å². The Hall–Kier alpha value is -3.25. The predicted octanol–water partition coefficient (Wildman–Crippen LogP) is 0.854. The fourth-order valence-electron chi connectivity index (χ4n) is 3.03. The molecule has 1 aliphatic rings. The van der Waals surface area contributed by atoms with Crippen LogP contribution in [0.2, 0.25) is 0 Å². The van der Waals surface area contributed by atoms with E-state index in [0.717, 1.165) is 0 Å². The number of rotatable bonds is 8. The smallest absolute Gasteiger partial charge is 0.280 e. The van der Waals surface area contributed by atoms with E-state index >= 15 is 0 Å². The van der Waals surface area contributed by atoms with Crippen LogP contribution in [0.4, 0.5) is 5.95 Å². The molecule has 3 rings (SSSR count). The molecule has 0 bridgehead atoms. The molecule has 13 heteroatoms. The first-order chi connectivity index (χ1) is 14.4. The van der Waals surface area contributed by atoms with Crippen LogP contribution in [0, 0.1) is 5.92 Å². The van der Waals surface area contributed by atoms with Gasteiger partial charge in [0, 0.05) is 10.8 Å². The molecule has 30 heavy (non-hydrogen) atoms. The third-order valence-corrected chi connectivity index (χ3v) is 4.51. The number of anilines is 1. The highest BCUT2D eigenvalue weighted by atomic mass is 16.6. The zero-order chi connectivity index (χ0) is 21.8. The average Bonchev–Trinajstić information content (AvgIpc) is 3.25. The van der Waals surface area contributed by atoms with Gasteiger partial charge in [0.1, 0.15) is 12.2 Å². The van der Waals surface area contributed by atoms with Crippen molar-refractivity contribution in [1.29, 1.82) is 0 Å². The maximum Gasteiger partial charge on any atom is 0.280 e. The number of nitrogens with one attached hydrogen (secondary N) is 2. The van der Waals surface area contributed by atoms with Crippen molar-refractivity contribution in [3.63, 3.8) is 0 Å². The zero-order valence-corrected chi connectivity index (χ0v) is 16.4. The van der Waals surface area contributed by atoms with E-state index in [1.807, 2.05) is 0 Å². The molecule has 160 valence electrons. The number of H-pyrrole nitrogens is 1. The molecule has 0 saturated carbocycles. The van der Waals surface area contributed by atoms with Gasteiger partial charge in [-0.3, -0.25) is 24.5 Å². The van der Waals surface area contributed by atoms with Crippen molar-refractivity contribution in [3.05, 3.63) is 39.8 Å². The summed E-state index contributed by atoms with van der Waals surface area (Å²) in [5, 5.41) is 16.8. The third-order valence-electron chi connectivity index (χ3n) is 4.51. The van der Waals surface area contributed by atoms with E-state index in [0.29, 0.717) is 0 Å². The van der Waals surface area contributed by atoms with Crippen LogP contribution in [-0.4, -0.2) is 62.0 Å². The Morgan fingerprint density at radius 2 is 2.40 bits per heavy atom. The number of carbonyl (C=O) groups excluding carboxylic acids is 1. The first-order valence-electron chi connectivity index (χ1n) is 9.22. The lowest BCUT2D eigenvalue weighted by Crippen LogP contribution is -2.35. The number of azide groups is 1. The number of aromatic amines is 1. The second-order valence-corrected chi connectivity index (χ2v) is 6.94. The van der Waals surface area contributed by atoms with Gasteiger partial charge in [-0.25, -0.2) is 4.98 Å². The molecule has 0 aliphatic carbocycles. The van der Waals surface area contributed by atoms with Crippen LogP contribution in [0.5, 0.6) is 0 Å². The van der Waals surface area contributed by atoms with Gasteiger partial charge in [0.05, 0.1) is 25.6 Å². The van der Waals surface area contributed by atoms with E-state index in [-0.39, 0.29) is 42.1 Å². The fourth-order valence-corrected chi connectivity index (χ4v) is 3.03. The molecule has 4 atom stereocenters. The first kappa shape index (κ1) is 21.5. The predicted molar refractivity (Wildman–Crippen MR) is 105 cm³/mol. The summed E-state index contributed by atoms with van der Waals surface area (Å²) in [6.45, 7) is 7.06. The van der Waals surface area contributed by atoms with Crippen molar-refractivity contribution >= 4 is 23.0 Å². The molecule has 0 unspecified atom stereocenters. The number of amides is 1. The molecule has 13 nitrogen and oxygen atoms in total. The molecule has 3 N–H and O–H groups in total. The Bertz CT molecular complexity index is 1040. The van der Waals surface area contributed by atoms with Crippen LogP contribution in [0.25, 0.3) is 21.6 Å². The Kier molecular flexibility index (Phi) is 6.47. The summed E-state index contributed by atoms with van der Waals surface area (Å²) in [5.74, 6) is -0.696. The highest BCUT2D eigenvalue weighted by Crippen LogP contribution is 2.33. The third kappa shape index (κ3) is 4.19. The average molecular weight is 418 g/mol. The number of fused-ring (bicyclic) bond motifs is 1. The van der Waals surface area contributed by atoms with E-state index < -0.39 is 30.1 Å². The highest BCUT2D eigenvalue weighted by Gasteiger charge is 2.45. The van der Waals surface area contributed by atoms with Gasteiger partial charge >= 0.3 is 0 Å². The highest BCUT2D eigenvalue weighted by molar-refractivity contribution is 5.91. The quantitative estimate of drug-likeness (QED) is 0.246. The van der Waals surface area contributed by atoms with Crippen LogP contribution < -0.4 is 10.9 Å². The number of aliphatic hydroxyl groups excluding tert-OH is 1. The zero-order valence-electron chi connectivity index (χ0n) is 16.4. The molecule has 0 spiro atoms. The summed E-state index contributed by atoms with van der Waals surface area (Å²) >= 11 is 0. The molecule has 2 aromatic heterocycles. The van der Waals surface area contributed by atoms with Crippen molar-refractivity contribution in [2.45, 2.75) is 38.4 Å².